The summed E-state index contributed by atoms with van der Waals surface area (Å²) in [4.78, 5) is 17.1. The molecule has 0 saturated carbocycles. The zero-order chi connectivity index (χ0) is 25.0. The molecule has 0 bridgehead atoms. The van der Waals surface area contributed by atoms with E-state index in [4.69, 9.17) is 14.5 Å². The molecule has 3 aromatic rings. The van der Waals surface area contributed by atoms with E-state index in [9.17, 15) is 4.79 Å². The quantitative estimate of drug-likeness (QED) is 0.288. The predicted octanol–water partition coefficient (Wildman–Crippen LogP) is 6.03. The second kappa shape index (κ2) is 13.6. The molecule has 0 radical (unpaired) electrons. The van der Waals surface area contributed by atoms with Gasteiger partial charge < -0.3 is 19.4 Å². The van der Waals surface area contributed by atoms with Crippen molar-refractivity contribution in [3.63, 3.8) is 0 Å². The largest absolute Gasteiger partial charge is 0.493 e. The number of hydrogen-bond acceptors (Lipinski definition) is 4. The van der Waals surface area contributed by atoms with Crippen molar-refractivity contribution in [2.75, 3.05) is 20.3 Å². The number of nitrogens with one attached hydrogen (secondary N) is 1. The number of hydrogen-bond donors (Lipinski definition) is 1. The molecule has 3 rings (SSSR count). The van der Waals surface area contributed by atoms with Crippen LogP contribution in [0.5, 0.6) is 11.5 Å². The fraction of sp³-hybridized carbons (Fsp3) is 0.448. The van der Waals surface area contributed by atoms with Crippen LogP contribution in [0.3, 0.4) is 0 Å². The first-order chi connectivity index (χ1) is 17.1. The van der Waals surface area contributed by atoms with Crippen LogP contribution >= 0.6 is 0 Å². The fourth-order valence-corrected chi connectivity index (χ4v) is 4.33. The molecular formula is C29H39N3O3. The van der Waals surface area contributed by atoms with Gasteiger partial charge in [-0.3, -0.25) is 4.79 Å². The van der Waals surface area contributed by atoms with Crippen LogP contribution in [0, 0.1) is 5.92 Å². The normalized spacial score (nSPS) is 11.5. The lowest BCUT2D eigenvalue weighted by atomic mass is 10.0. The summed E-state index contributed by atoms with van der Waals surface area (Å²) < 4.78 is 13.8. The van der Waals surface area contributed by atoms with Gasteiger partial charge in [-0.25, -0.2) is 4.98 Å². The van der Waals surface area contributed by atoms with Gasteiger partial charge in [-0.05, 0) is 62.4 Å². The molecule has 0 aliphatic heterocycles. The number of carbonyl (C=O) groups excluding carboxylic acids is 1. The zero-order valence-corrected chi connectivity index (χ0v) is 21.5. The van der Waals surface area contributed by atoms with Gasteiger partial charge in [0.2, 0.25) is 5.91 Å². The van der Waals surface area contributed by atoms with Gasteiger partial charge in [0.05, 0.1) is 24.8 Å². The highest BCUT2D eigenvalue weighted by Crippen LogP contribution is 2.29. The Labute approximate surface area is 209 Å². The molecule has 0 saturated heterocycles. The summed E-state index contributed by atoms with van der Waals surface area (Å²) in [5.41, 5.74) is 3.23. The first-order valence-electron chi connectivity index (χ1n) is 12.8. The number of carbonyl (C=O) groups is 1. The maximum absolute atomic E-state index is 12.3. The van der Waals surface area contributed by atoms with Crippen LogP contribution in [0.2, 0.25) is 0 Å². The molecule has 1 heterocycles. The third-order valence-electron chi connectivity index (χ3n) is 6.30. The lowest BCUT2D eigenvalue weighted by molar-refractivity contribution is -0.125. The Kier molecular flexibility index (Phi) is 10.2. The van der Waals surface area contributed by atoms with E-state index >= 15 is 0 Å². The highest BCUT2D eigenvalue weighted by molar-refractivity contribution is 5.78. The van der Waals surface area contributed by atoms with E-state index in [1.807, 2.05) is 49.4 Å². The average Bonchev–Trinajstić information content (AvgIpc) is 3.23. The molecule has 2 aromatic carbocycles. The van der Waals surface area contributed by atoms with Crippen LogP contribution in [0.4, 0.5) is 0 Å². The zero-order valence-electron chi connectivity index (χ0n) is 21.5. The topological polar surface area (TPSA) is 65.4 Å². The van der Waals surface area contributed by atoms with Gasteiger partial charge in [0.15, 0.2) is 11.5 Å². The molecule has 0 unspecified atom stereocenters. The lowest BCUT2D eigenvalue weighted by Crippen LogP contribution is -2.31. The highest BCUT2D eigenvalue weighted by Gasteiger charge is 2.14. The van der Waals surface area contributed by atoms with Gasteiger partial charge in [-0.2, -0.15) is 0 Å². The van der Waals surface area contributed by atoms with Crippen molar-refractivity contribution in [3.8, 4) is 11.5 Å². The van der Waals surface area contributed by atoms with Gasteiger partial charge in [0.1, 0.15) is 5.82 Å². The molecule has 188 valence electrons. The number of rotatable bonds is 14. The number of fused-ring (bicyclic) bond motifs is 1. The van der Waals surface area contributed by atoms with Crippen LogP contribution in [0.1, 0.15) is 57.8 Å². The first-order valence-corrected chi connectivity index (χ1v) is 12.8. The number of imidazole rings is 1. The van der Waals surface area contributed by atoms with Crippen LogP contribution in [-0.4, -0.2) is 35.7 Å². The monoisotopic (exact) mass is 477 g/mol. The van der Waals surface area contributed by atoms with Crippen LogP contribution in [-0.2, 0) is 17.8 Å². The number of aryl methyl sites for hydroxylation is 2. The third kappa shape index (κ3) is 7.10. The number of allylic oxidation sites excluding steroid dienone is 1. The Balaban J connectivity index is 1.58. The van der Waals surface area contributed by atoms with Crippen LogP contribution in [0.15, 0.2) is 48.5 Å². The number of methoxy groups -OCH3 is 1. The van der Waals surface area contributed by atoms with E-state index < -0.39 is 0 Å². The molecule has 1 N–H and O–H groups in total. The summed E-state index contributed by atoms with van der Waals surface area (Å²) >= 11 is 0. The molecule has 0 aliphatic carbocycles. The minimum absolute atomic E-state index is 0.109. The van der Waals surface area contributed by atoms with Crippen molar-refractivity contribution < 1.29 is 14.3 Å². The number of amides is 1. The molecule has 35 heavy (non-hydrogen) atoms. The van der Waals surface area contributed by atoms with E-state index in [0.717, 1.165) is 72.6 Å². The van der Waals surface area contributed by atoms with Gasteiger partial charge >= 0.3 is 0 Å². The van der Waals surface area contributed by atoms with E-state index in [2.05, 4.69) is 35.9 Å². The Morgan fingerprint density at radius 1 is 1.11 bits per heavy atom. The fourth-order valence-electron chi connectivity index (χ4n) is 4.33. The molecule has 6 heteroatoms. The van der Waals surface area contributed by atoms with Crippen molar-refractivity contribution in [1.82, 2.24) is 14.9 Å². The lowest BCUT2D eigenvalue weighted by Gasteiger charge is -2.14. The van der Waals surface area contributed by atoms with Crippen molar-refractivity contribution in [2.24, 2.45) is 5.92 Å². The summed E-state index contributed by atoms with van der Waals surface area (Å²) in [5.74, 6) is 2.82. The number of benzene rings is 2. The van der Waals surface area contributed by atoms with Crippen molar-refractivity contribution in [2.45, 2.75) is 59.4 Å². The molecule has 1 amide bonds. The van der Waals surface area contributed by atoms with Crippen molar-refractivity contribution in [3.05, 3.63) is 59.9 Å². The Hall–Kier alpha value is -3.28. The maximum Gasteiger partial charge on any atom is 0.223 e. The summed E-state index contributed by atoms with van der Waals surface area (Å²) in [5, 5.41) is 3.09. The predicted molar refractivity (Wildman–Crippen MR) is 143 cm³/mol. The minimum Gasteiger partial charge on any atom is -0.493 e. The summed E-state index contributed by atoms with van der Waals surface area (Å²) in [6.45, 7) is 8.19. The Morgan fingerprint density at radius 2 is 1.91 bits per heavy atom. The average molecular weight is 478 g/mol. The molecule has 0 atom stereocenters. The van der Waals surface area contributed by atoms with E-state index in [-0.39, 0.29) is 11.8 Å². The van der Waals surface area contributed by atoms with E-state index in [1.54, 1.807) is 7.11 Å². The van der Waals surface area contributed by atoms with E-state index in [1.165, 1.54) is 0 Å². The molecule has 0 aliphatic rings. The number of ether oxygens (including phenoxy) is 2. The number of aromatic nitrogens is 2. The summed E-state index contributed by atoms with van der Waals surface area (Å²) in [6.07, 6.45) is 8.33. The molecule has 0 spiro atoms. The van der Waals surface area contributed by atoms with Crippen molar-refractivity contribution >= 4 is 23.0 Å². The smallest absolute Gasteiger partial charge is 0.223 e. The molecule has 6 nitrogen and oxygen atoms in total. The second-order valence-electron chi connectivity index (χ2n) is 8.69. The van der Waals surface area contributed by atoms with Crippen LogP contribution in [0.25, 0.3) is 17.1 Å². The minimum atomic E-state index is 0.109. The van der Waals surface area contributed by atoms with Gasteiger partial charge in [-0.1, -0.05) is 44.2 Å². The SMILES string of the molecule is C/C=C/c1ccc(OCCCn2c(CCCNC(=O)C(CC)CC)nc3ccccc32)c(OC)c1. The highest BCUT2D eigenvalue weighted by atomic mass is 16.5. The van der Waals surface area contributed by atoms with Crippen LogP contribution < -0.4 is 14.8 Å². The summed E-state index contributed by atoms with van der Waals surface area (Å²) in [6, 6.07) is 14.2. The Bertz CT molecular complexity index is 1120. The summed E-state index contributed by atoms with van der Waals surface area (Å²) in [7, 11) is 1.67. The van der Waals surface area contributed by atoms with Gasteiger partial charge in [0, 0.05) is 25.4 Å². The number of nitrogens with zero attached hydrogens (tertiary/aromatic N) is 2. The van der Waals surface area contributed by atoms with Crippen molar-refractivity contribution in [1.29, 1.82) is 0 Å². The third-order valence-corrected chi connectivity index (χ3v) is 6.30. The molecular weight excluding hydrogens is 438 g/mol. The molecule has 0 fully saturated rings. The first kappa shape index (κ1) is 26.3. The maximum atomic E-state index is 12.3. The van der Waals surface area contributed by atoms with E-state index in [0.29, 0.717) is 13.2 Å². The molecule has 1 aromatic heterocycles. The second-order valence-corrected chi connectivity index (χ2v) is 8.69. The van der Waals surface area contributed by atoms with Gasteiger partial charge in [0.25, 0.3) is 0 Å². The standard InChI is InChI=1S/C29H39N3O3/c1-5-12-22-16-17-26(27(21-22)34-4)35-20-11-19-32-25-14-9-8-13-24(25)31-28(32)15-10-18-30-29(33)23(6-2)7-3/h5,8-9,12-14,16-17,21,23H,6-7,10-11,15,18-20H2,1-4H3,(H,30,33)/b12-5+. The number of para-hydroxylation sites is 2. The Morgan fingerprint density at radius 3 is 2.66 bits per heavy atom. The van der Waals surface area contributed by atoms with Gasteiger partial charge in [-0.15, -0.1) is 0 Å².